The van der Waals surface area contributed by atoms with Crippen LogP contribution in [0, 0.1) is 11.8 Å². The van der Waals surface area contributed by atoms with Crippen LogP contribution in [0.2, 0.25) is 0 Å². The maximum atomic E-state index is 13.3. The maximum Gasteiger partial charge on any atom is 0.265 e. The lowest BCUT2D eigenvalue weighted by molar-refractivity contribution is -0.140. The van der Waals surface area contributed by atoms with Crippen molar-refractivity contribution in [3.05, 3.63) is 42.0 Å². The predicted octanol–water partition coefficient (Wildman–Crippen LogP) is 3.19. The molecule has 2 aliphatic rings. The van der Waals surface area contributed by atoms with E-state index in [1.165, 1.54) is 50.5 Å². The van der Waals surface area contributed by atoms with Gasteiger partial charge in [0.1, 0.15) is 22.1 Å². The quantitative estimate of drug-likeness (QED) is 0.568. The molecule has 1 aliphatic carbocycles. The van der Waals surface area contributed by atoms with Gasteiger partial charge in [0.2, 0.25) is 11.8 Å². The molecule has 1 N–H and O–H groups in total. The summed E-state index contributed by atoms with van der Waals surface area (Å²) in [5, 5.41) is 0. The molecule has 4 rings (SSSR count). The largest absolute Gasteiger partial charge is 0.497 e. The summed E-state index contributed by atoms with van der Waals surface area (Å²) in [5.74, 6) is 0.127. The van der Waals surface area contributed by atoms with Crippen molar-refractivity contribution in [2.24, 2.45) is 11.8 Å². The fraction of sp³-hybridized carbons (Fsp3) is 0.417. The van der Waals surface area contributed by atoms with Crippen LogP contribution in [0.25, 0.3) is 0 Å². The van der Waals surface area contributed by atoms with Crippen LogP contribution in [0.3, 0.4) is 0 Å². The topological polar surface area (TPSA) is 111 Å². The Kier molecular flexibility index (Phi) is 6.70. The summed E-state index contributed by atoms with van der Waals surface area (Å²) >= 11 is 0. The average Bonchev–Trinajstić information content (AvgIpc) is 3.08. The molecule has 0 unspecified atom stereocenters. The minimum atomic E-state index is -4.08. The first kappa shape index (κ1) is 23.9. The lowest BCUT2D eigenvalue weighted by Gasteiger charge is -2.19. The van der Waals surface area contributed by atoms with Gasteiger partial charge < -0.3 is 14.2 Å². The number of carbonyl (C=O) groups is 2. The van der Waals surface area contributed by atoms with Gasteiger partial charge in [-0.1, -0.05) is 18.9 Å². The normalized spacial score (nSPS) is 20.1. The molecular formula is C24H28N2O7S. The summed E-state index contributed by atoms with van der Waals surface area (Å²) in [6, 6.07) is 9.30. The molecule has 2 amide bonds. The number of imide groups is 1. The number of rotatable bonds is 8. The standard InChI is InChI=1S/C24H28N2O7S/c1-31-17-11-16(12-18(13-17)32-2)25-34(29,30)22-10-15(8-9-21(22)33-3)14-26-23(27)19-6-4-5-7-20(19)24(26)28/h8-13,19-20,25H,4-7,14H2,1-3H3/t19-,20+. The molecule has 2 aromatic rings. The highest BCUT2D eigenvalue weighted by molar-refractivity contribution is 7.92. The molecule has 0 spiro atoms. The molecule has 1 aliphatic heterocycles. The van der Waals surface area contributed by atoms with E-state index in [-0.39, 0.29) is 46.5 Å². The minimum Gasteiger partial charge on any atom is -0.497 e. The number of carbonyl (C=O) groups excluding carboxylic acids is 2. The molecule has 0 radical (unpaired) electrons. The van der Waals surface area contributed by atoms with Crippen molar-refractivity contribution in [1.29, 1.82) is 0 Å². The third-order valence-electron chi connectivity index (χ3n) is 6.39. The van der Waals surface area contributed by atoms with Crippen LogP contribution in [0.4, 0.5) is 5.69 Å². The monoisotopic (exact) mass is 488 g/mol. The summed E-state index contributed by atoms with van der Waals surface area (Å²) < 4.78 is 44.8. The van der Waals surface area contributed by atoms with E-state index in [0.29, 0.717) is 17.1 Å². The molecule has 2 fully saturated rings. The number of ether oxygens (including phenoxy) is 3. The number of likely N-dealkylation sites (tertiary alicyclic amines) is 1. The van der Waals surface area contributed by atoms with Gasteiger partial charge in [0.15, 0.2) is 0 Å². The van der Waals surface area contributed by atoms with Crippen LogP contribution >= 0.6 is 0 Å². The van der Waals surface area contributed by atoms with Gasteiger partial charge in [-0.25, -0.2) is 8.42 Å². The van der Waals surface area contributed by atoms with Crippen molar-refractivity contribution >= 4 is 27.5 Å². The smallest absolute Gasteiger partial charge is 0.265 e. The summed E-state index contributed by atoms with van der Waals surface area (Å²) in [5.41, 5.74) is 0.766. The Labute approximate surface area is 199 Å². The van der Waals surface area contributed by atoms with E-state index in [4.69, 9.17) is 14.2 Å². The molecule has 9 nitrogen and oxygen atoms in total. The van der Waals surface area contributed by atoms with E-state index < -0.39 is 10.0 Å². The Balaban J connectivity index is 1.62. The van der Waals surface area contributed by atoms with Gasteiger partial charge in [-0.3, -0.25) is 19.2 Å². The first-order valence-corrected chi connectivity index (χ1v) is 12.5. The zero-order valence-corrected chi connectivity index (χ0v) is 20.2. The van der Waals surface area contributed by atoms with Gasteiger partial charge in [0.25, 0.3) is 10.0 Å². The van der Waals surface area contributed by atoms with Gasteiger partial charge in [0, 0.05) is 18.2 Å². The second kappa shape index (κ2) is 9.54. The molecule has 1 saturated carbocycles. The van der Waals surface area contributed by atoms with Crippen LogP contribution < -0.4 is 18.9 Å². The lowest BCUT2D eigenvalue weighted by Crippen LogP contribution is -2.30. The number of fused-ring (bicyclic) bond motifs is 1. The maximum absolute atomic E-state index is 13.3. The number of sulfonamides is 1. The van der Waals surface area contributed by atoms with Crippen molar-refractivity contribution in [1.82, 2.24) is 4.90 Å². The summed E-state index contributed by atoms with van der Waals surface area (Å²) in [6.07, 6.45) is 3.34. The van der Waals surface area contributed by atoms with Gasteiger partial charge in [0.05, 0.1) is 45.4 Å². The number of hydrogen-bond donors (Lipinski definition) is 1. The Morgan fingerprint density at radius 3 is 2.00 bits per heavy atom. The highest BCUT2D eigenvalue weighted by Crippen LogP contribution is 2.39. The number of benzene rings is 2. The fourth-order valence-electron chi connectivity index (χ4n) is 4.68. The number of nitrogens with one attached hydrogen (secondary N) is 1. The minimum absolute atomic E-state index is 0.0180. The number of methoxy groups -OCH3 is 3. The molecule has 34 heavy (non-hydrogen) atoms. The number of hydrogen-bond acceptors (Lipinski definition) is 7. The van der Waals surface area contributed by atoms with E-state index >= 15 is 0 Å². The van der Waals surface area contributed by atoms with Crippen molar-refractivity contribution in [3.8, 4) is 17.2 Å². The third kappa shape index (κ3) is 4.54. The molecule has 182 valence electrons. The Morgan fingerprint density at radius 1 is 0.882 bits per heavy atom. The third-order valence-corrected chi connectivity index (χ3v) is 7.80. The lowest BCUT2D eigenvalue weighted by atomic mass is 9.81. The highest BCUT2D eigenvalue weighted by atomic mass is 32.2. The van der Waals surface area contributed by atoms with Crippen LogP contribution in [0.5, 0.6) is 17.2 Å². The second-order valence-corrected chi connectivity index (χ2v) is 10.1. The van der Waals surface area contributed by atoms with Gasteiger partial charge in [-0.05, 0) is 30.5 Å². The zero-order valence-electron chi connectivity index (χ0n) is 19.4. The fourth-order valence-corrected chi connectivity index (χ4v) is 5.94. The molecule has 1 saturated heterocycles. The summed E-state index contributed by atoms with van der Waals surface area (Å²) in [7, 11) is 0.229. The van der Waals surface area contributed by atoms with E-state index in [9.17, 15) is 18.0 Å². The zero-order chi connectivity index (χ0) is 24.5. The molecule has 2 aromatic carbocycles. The van der Waals surface area contributed by atoms with E-state index in [1.54, 1.807) is 12.1 Å². The molecular weight excluding hydrogens is 460 g/mol. The Bertz CT molecular complexity index is 1170. The van der Waals surface area contributed by atoms with Crippen LogP contribution in [0.15, 0.2) is 41.3 Å². The van der Waals surface area contributed by atoms with E-state index in [2.05, 4.69) is 4.72 Å². The second-order valence-electron chi connectivity index (χ2n) is 8.45. The molecule has 1 heterocycles. The van der Waals surface area contributed by atoms with Crippen LogP contribution in [0.1, 0.15) is 31.2 Å². The molecule has 0 bridgehead atoms. The van der Waals surface area contributed by atoms with Gasteiger partial charge in [-0.2, -0.15) is 0 Å². The Morgan fingerprint density at radius 2 is 1.47 bits per heavy atom. The van der Waals surface area contributed by atoms with Crippen molar-refractivity contribution in [2.75, 3.05) is 26.1 Å². The number of nitrogens with zero attached hydrogens (tertiary/aromatic N) is 1. The summed E-state index contributed by atoms with van der Waals surface area (Å²) in [4.78, 5) is 26.9. The SMILES string of the molecule is COc1cc(NS(=O)(=O)c2cc(CN3C(=O)[C@H]4CCCC[C@H]4C3=O)ccc2OC)cc(OC)c1. The molecule has 2 atom stereocenters. The van der Waals surface area contributed by atoms with E-state index in [0.717, 1.165) is 25.7 Å². The van der Waals surface area contributed by atoms with E-state index in [1.807, 2.05) is 0 Å². The first-order chi connectivity index (χ1) is 16.3. The van der Waals surface area contributed by atoms with Crippen molar-refractivity contribution < 1.29 is 32.2 Å². The van der Waals surface area contributed by atoms with Gasteiger partial charge >= 0.3 is 0 Å². The predicted molar refractivity (Wildman–Crippen MR) is 124 cm³/mol. The van der Waals surface area contributed by atoms with Crippen molar-refractivity contribution in [2.45, 2.75) is 37.1 Å². The van der Waals surface area contributed by atoms with Crippen LogP contribution in [-0.4, -0.2) is 46.5 Å². The first-order valence-electron chi connectivity index (χ1n) is 11.1. The average molecular weight is 489 g/mol. The van der Waals surface area contributed by atoms with Gasteiger partial charge in [-0.15, -0.1) is 0 Å². The Hall–Kier alpha value is -3.27. The van der Waals surface area contributed by atoms with Crippen molar-refractivity contribution in [3.63, 3.8) is 0 Å². The molecule has 10 heteroatoms. The van der Waals surface area contributed by atoms with Crippen LogP contribution in [-0.2, 0) is 26.2 Å². The molecule has 0 aromatic heterocycles. The summed E-state index contributed by atoms with van der Waals surface area (Å²) in [6.45, 7) is 0.0180. The number of anilines is 1. The highest BCUT2D eigenvalue weighted by Gasteiger charge is 2.47. The number of amides is 2.